The van der Waals surface area contributed by atoms with E-state index in [2.05, 4.69) is 35.1 Å². The van der Waals surface area contributed by atoms with Gasteiger partial charge in [-0.2, -0.15) is 0 Å². The van der Waals surface area contributed by atoms with Gasteiger partial charge in [0.05, 0.1) is 13.5 Å². The van der Waals surface area contributed by atoms with Gasteiger partial charge in [0, 0.05) is 16.4 Å². The zero-order valence-corrected chi connectivity index (χ0v) is 15.3. The molecular weight excluding hydrogens is 354 g/mol. The number of halogens is 1. The van der Waals surface area contributed by atoms with Gasteiger partial charge in [-0.1, -0.05) is 54.0 Å². The highest BCUT2D eigenvalue weighted by molar-refractivity contribution is 9.10. The number of amides is 1. The summed E-state index contributed by atoms with van der Waals surface area (Å²) in [6.07, 6.45) is 0.387. The molecular formula is C19H22BrNO2. The summed E-state index contributed by atoms with van der Waals surface area (Å²) in [6.45, 7) is 4.83. The van der Waals surface area contributed by atoms with Crippen molar-refractivity contribution in [1.29, 1.82) is 0 Å². The molecule has 2 rings (SSSR count). The molecule has 0 atom stereocenters. The molecule has 0 saturated carbocycles. The number of methoxy groups -OCH3 is 1. The predicted molar refractivity (Wildman–Crippen MR) is 96.9 cm³/mol. The van der Waals surface area contributed by atoms with Gasteiger partial charge < -0.3 is 10.1 Å². The third-order valence-corrected chi connectivity index (χ3v) is 4.35. The summed E-state index contributed by atoms with van der Waals surface area (Å²) in [7, 11) is 1.66. The van der Waals surface area contributed by atoms with E-state index in [-0.39, 0.29) is 11.3 Å². The molecule has 0 aliphatic rings. The van der Waals surface area contributed by atoms with Crippen molar-refractivity contribution >= 4 is 21.8 Å². The molecule has 0 aliphatic heterocycles. The molecule has 4 heteroatoms. The Hall–Kier alpha value is -1.81. The molecule has 0 spiro atoms. The molecule has 2 aromatic carbocycles. The van der Waals surface area contributed by atoms with Crippen LogP contribution in [0.1, 0.15) is 25.0 Å². The van der Waals surface area contributed by atoms with Crippen LogP contribution < -0.4 is 10.1 Å². The van der Waals surface area contributed by atoms with Gasteiger partial charge in [0.2, 0.25) is 5.91 Å². The first kappa shape index (κ1) is 17.5. The number of hydrogen-bond donors (Lipinski definition) is 1. The monoisotopic (exact) mass is 375 g/mol. The second-order valence-electron chi connectivity index (χ2n) is 6.20. The molecule has 122 valence electrons. The lowest BCUT2D eigenvalue weighted by atomic mass is 9.84. The average Bonchev–Trinajstić information content (AvgIpc) is 2.53. The van der Waals surface area contributed by atoms with E-state index in [0.717, 1.165) is 15.8 Å². The Balaban J connectivity index is 1.93. The minimum Gasteiger partial charge on any atom is -0.497 e. The van der Waals surface area contributed by atoms with Crippen molar-refractivity contribution < 1.29 is 9.53 Å². The maximum atomic E-state index is 12.2. The van der Waals surface area contributed by atoms with Crippen LogP contribution in [-0.2, 0) is 16.6 Å². The van der Waals surface area contributed by atoms with E-state index < -0.39 is 0 Å². The Morgan fingerprint density at radius 1 is 1.17 bits per heavy atom. The number of carbonyl (C=O) groups excluding carboxylic acids is 1. The topological polar surface area (TPSA) is 38.3 Å². The van der Waals surface area contributed by atoms with Crippen molar-refractivity contribution in [3.63, 3.8) is 0 Å². The third kappa shape index (κ3) is 5.10. The van der Waals surface area contributed by atoms with Gasteiger partial charge in [-0.05, 0) is 35.4 Å². The van der Waals surface area contributed by atoms with Crippen LogP contribution >= 0.6 is 15.9 Å². The third-order valence-electron chi connectivity index (χ3n) is 3.85. The van der Waals surface area contributed by atoms with Gasteiger partial charge in [-0.25, -0.2) is 0 Å². The van der Waals surface area contributed by atoms with Crippen molar-refractivity contribution in [3.8, 4) is 5.75 Å². The van der Waals surface area contributed by atoms with Gasteiger partial charge >= 0.3 is 0 Å². The van der Waals surface area contributed by atoms with E-state index in [1.807, 2.05) is 48.5 Å². The molecule has 0 radical (unpaired) electrons. The van der Waals surface area contributed by atoms with Crippen molar-refractivity contribution in [2.75, 3.05) is 13.7 Å². The maximum Gasteiger partial charge on any atom is 0.224 e. The molecule has 0 saturated heterocycles. The lowest BCUT2D eigenvalue weighted by Gasteiger charge is -2.26. The van der Waals surface area contributed by atoms with E-state index in [1.54, 1.807) is 7.11 Å². The summed E-state index contributed by atoms with van der Waals surface area (Å²) in [5, 5.41) is 3.03. The highest BCUT2D eigenvalue weighted by Gasteiger charge is 2.21. The van der Waals surface area contributed by atoms with Gasteiger partial charge in [-0.3, -0.25) is 4.79 Å². The highest BCUT2D eigenvalue weighted by Crippen LogP contribution is 2.24. The first-order valence-electron chi connectivity index (χ1n) is 7.56. The molecule has 23 heavy (non-hydrogen) atoms. The summed E-state index contributed by atoms with van der Waals surface area (Å²) in [5.74, 6) is 0.868. The lowest BCUT2D eigenvalue weighted by molar-refractivity contribution is -0.120. The lowest BCUT2D eigenvalue weighted by Crippen LogP contribution is -2.37. The van der Waals surface area contributed by atoms with Crippen LogP contribution in [0.15, 0.2) is 53.0 Å². The molecule has 0 heterocycles. The number of hydrogen-bond acceptors (Lipinski definition) is 2. The standard InChI is InChI=1S/C19H22BrNO2/c1-19(2,15-7-9-17(23-3)10-8-15)13-21-18(22)12-14-5-4-6-16(20)11-14/h4-11H,12-13H2,1-3H3,(H,21,22). The Labute approximate surface area is 146 Å². The molecule has 3 nitrogen and oxygen atoms in total. The van der Waals surface area contributed by atoms with Crippen LogP contribution in [-0.4, -0.2) is 19.6 Å². The predicted octanol–water partition coefficient (Wildman–Crippen LogP) is 4.09. The summed E-state index contributed by atoms with van der Waals surface area (Å²) < 4.78 is 6.17. The first-order valence-corrected chi connectivity index (χ1v) is 8.36. The molecule has 1 amide bonds. The van der Waals surface area contributed by atoms with E-state index >= 15 is 0 Å². The van der Waals surface area contributed by atoms with Gasteiger partial charge in [0.25, 0.3) is 0 Å². The van der Waals surface area contributed by atoms with Gasteiger partial charge in [-0.15, -0.1) is 0 Å². The SMILES string of the molecule is COc1ccc(C(C)(C)CNC(=O)Cc2cccc(Br)c2)cc1. The van der Waals surface area contributed by atoms with Gasteiger partial charge in [0.15, 0.2) is 0 Å². The van der Waals surface area contributed by atoms with Crippen molar-refractivity contribution in [2.45, 2.75) is 25.7 Å². The smallest absolute Gasteiger partial charge is 0.224 e. The van der Waals surface area contributed by atoms with Crippen molar-refractivity contribution in [2.24, 2.45) is 0 Å². The second-order valence-corrected chi connectivity index (χ2v) is 7.11. The molecule has 0 bridgehead atoms. The van der Waals surface area contributed by atoms with E-state index in [0.29, 0.717) is 13.0 Å². The number of ether oxygens (including phenoxy) is 1. The van der Waals surface area contributed by atoms with Crippen LogP contribution in [0.4, 0.5) is 0 Å². The summed E-state index contributed by atoms with van der Waals surface area (Å²) in [6, 6.07) is 15.8. The maximum absolute atomic E-state index is 12.2. The summed E-state index contributed by atoms with van der Waals surface area (Å²) >= 11 is 3.42. The Morgan fingerprint density at radius 2 is 1.87 bits per heavy atom. The number of benzene rings is 2. The number of carbonyl (C=O) groups is 1. The number of rotatable bonds is 6. The highest BCUT2D eigenvalue weighted by atomic mass is 79.9. The Morgan fingerprint density at radius 3 is 2.48 bits per heavy atom. The Bertz CT molecular complexity index is 665. The van der Waals surface area contributed by atoms with Crippen LogP contribution in [0, 0.1) is 0 Å². The van der Waals surface area contributed by atoms with E-state index in [4.69, 9.17) is 4.74 Å². The second kappa shape index (κ2) is 7.64. The fraction of sp³-hybridized carbons (Fsp3) is 0.316. The fourth-order valence-electron chi connectivity index (χ4n) is 2.36. The minimum absolute atomic E-state index is 0.0321. The molecule has 0 aromatic heterocycles. The van der Waals surface area contributed by atoms with Crippen LogP contribution in [0.5, 0.6) is 5.75 Å². The zero-order valence-electron chi connectivity index (χ0n) is 13.7. The van der Waals surface area contributed by atoms with Crippen LogP contribution in [0.2, 0.25) is 0 Å². The quantitative estimate of drug-likeness (QED) is 0.825. The van der Waals surface area contributed by atoms with Crippen LogP contribution in [0.25, 0.3) is 0 Å². The van der Waals surface area contributed by atoms with Gasteiger partial charge in [0.1, 0.15) is 5.75 Å². The molecule has 1 N–H and O–H groups in total. The molecule has 0 unspecified atom stereocenters. The van der Waals surface area contributed by atoms with E-state index in [1.165, 1.54) is 5.56 Å². The van der Waals surface area contributed by atoms with E-state index in [9.17, 15) is 4.79 Å². The number of nitrogens with one attached hydrogen (secondary N) is 1. The van der Waals surface area contributed by atoms with Crippen molar-refractivity contribution in [3.05, 3.63) is 64.1 Å². The normalized spacial score (nSPS) is 11.1. The Kier molecular flexibility index (Phi) is 5.83. The molecule has 2 aromatic rings. The van der Waals surface area contributed by atoms with Crippen molar-refractivity contribution in [1.82, 2.24) is 5.32 Å². The van der Waals surface area contributed by atoms with Crippen LogP contribution in [0.3, 0.4) is 0 Å². The largest absolute Gasteiger partial charge is 0.497 e. The average molecular weight is 376 g/mol. The fourth-order valence-corrected chi connectivity index (χ4v) is 2.81. The molecule has 0 aliphatic carbocycles. The first-order chi connectivity index (χ1) is 10.9. The summed E-state index contributed by atoms with van der Waals surface area (Å²) in [5.41, 5.74) is 2.03. The summed E-state index contributed by atoms with van der Waals surface area (Å²) in [4.78, 5) is 12.2. The minimum atomic E-state index is -0.140. The zero-order chi connectivity index (χ0) is 16.9. The molecule has 0 fully saturated rings.